The smallest absolute Gasteiger partial charge is 0.144 e. The van der Waals surface area contributed by atoms with Crippen LogP contribution < -0.4 is 20.5 Å². The Kier molecular flexibility index (Phi) is 7.61. The van der Waals surface area contributed by atoms with Gasteiger partial charge in [-0.2, -0.15) is 0 Å². The van der Waals surface area contributed by atoms with Crippen LogP contribution in [0.4, 0.5) is 21.6 Å². The fourth-order valence-electron chi connectivity index (χ4n) is 3.30. The number of nitrogens with two attached hydrogens (primary N) is 1. The minimum absolute atomic E-state index is 0.203. The lowest BCUT2D eigenvalue weighted by atomic mass is 10.2. The van der Waals surface area contributed by atoms with Crippen LogP contribution in [0.15, 0.2) is 60.9 Å². The summed E-state index contributed by atoms with van der Waals surface area (Å²) < 4.78 is 30.1. The molecule has 0 spiro atoms. The van der Waals surface area contributed by atoms with Crippen LogP contribution in [0, 0.1) is 5.82 Å². The Hall–Kier alpha value is -3.62. The molecule has 34 heavy (non-hydrogen) atoms. The van der Waals surface area contributed by atoms with E-state index in [1.165, 1.54) is 18.5 Å². The highest BCUT2D eigenvalue weighted by atomic mass is 35.5. The van der Waals surface area contributed by atoms with Crippen molar-refractivity contribution >= 4 is 39.7 Å². The molecule has 0 fully saturated rings. The van der Waals surface area contributed by atoms with Gasteiger partial charge in [-0.3, -0.25) is 0 Å². The van der Waals surface area contributed by atoms with Gasteiger partial charge in [0, 0.05) is 23.7 Å². The second-order valence-electron chi connectivity index (χ2n) is 7.36. The number of halogens is 2. The maximum absolute atomic E-state index is 13.4. The normalized spacial score (nSPS) is 10.9. The summed E-state index contributed by atoms with van der Waals surface area (Å²) in [4.78, 5) is 8.68. The third-order valence-corrected chi connectivity index (χ3v) is 5.23. The average Bonchev–Trinajstić information content (AvgIpc) is 2.82. The molecule has 0 saturated heterocycles. The largest absolute Gasteiger partial charge is 0.489 e. The molecule has 4 rings (SSSR count). The second kappa shape index (κ2) is 11.0. The first-order chi connectivity index (χ1) is 16.5. The molecule has 0 unspecified atom stereocenters. The van der Waals surface area contributed by atoms with Gasteiger partial charge >= 0.3 is 0 Å². The van der Waals surface area contributed by atoms with Gasteiger partial charge in [-0.15, -0.1) is 0 Å². The lowest BCUT2D eigenvalue weighted by Crippen LogP contribution is -2.08. The van der Waals surface area contributed by atoms with Gasteiger partial charge in [-0.25, -0.2) is 14.4 Å². The lowest BCUT2D eigenvalue weighted by molar-refractivity contribution is 0.110. The fourth-order valence-corrected chi connectivity index (χ4v) is 3.54. The van der Waals surface area contributed by atoms with Crippen molar-refractivity contribution in [1.82, 2.24) is 9.97 Å². The van der Waals surface area contributed by atoms with Crippen molar-refractivity contribution in [2.45, 2.75) is 13.5 Å². The number of nitrogen functional groups attached to an aromatic ring is 1. The zero-order valence-electron chi connectivity index (χ0n) is 18.6. The molecule has 9 heteroatoms. The minimum atomic E-state index is -0.311. The Morgan fingerprint density at radius 1 is 1.00 bits per heavy atom. The topological polar surface area (TPSA) is 91.5 Å². The molecule has 0 amide bonds. The molecule has 0 bridgehead atoms. The highest BCUT2D eigenvalue weighted by Crippen LogP contribution is 2.33. The average molecular weight is 483 g/mol. The molecular weight excluding hydrogens is 459 g/mol. The van der Waals surface area contributed by atoms with Crippen molar-refractivity contribution in [3.05, 3.63) is 77.3 Å². The number of ether oxygens (including phenoxy) is 3. The number of nitrogens with one attached hydrogen (secondary N) is 1. The fraction of sp³-hybridized carbons (Fsp3) is 0.200. The van der Waals surface area contributed by atoms with Gasteiger partial charge in [0.1, 0.15) is 42.7 Å². The molecule has 0 aliphatic carbocycles. The van der Waals surface area contributed by atoms with E-state index in [4.69, 9.17) is 31.5 Å². The molecule has 1 aromatic heterocycles. The number of anilines is 3. The summed E-state index contributed by atoms with van der Waals surface area (Å²) >= 11 is 6.41. The predicted molar refractivity (Wildman–Crippen MR) is 131 cm³/mol. The molecular formula is C25H24ClFN4O3. The second-order valence-corrected chi connectivity index (χ2v) is 7.77. The first kappa shape index (κ1) is 23.5. The summed E-state index contributed by atoms with van der Waals surface area (Å²) in [6.45, 7) is 3.63. The van der Waals surface area contributed by atoms with E-state index in [9.17, 15) is 4.39 Å². The van der Waals surface area contributed by atoms with Gasteiger partial charge in [0.15, 0.2) is 0 Å². The van der Waals surface area contributed by atoms with Crippen molar-refractivity contribution in [2.24, 2.45) is 0 Å². The predicted octanol–water partition coefficient (Wildman–Crippen LogP) is 5.74. The Balaban J connectivity index is 1.48. The Morgan fingerprint density at radius 2 is 1.88 bits per heavy atom. The van der Waals surface area contributed by atoms with E-state index in [0.717, 1.165) is 5.39 Å². The summed E-state index contributed by atoms with van der Waals surface area (Å²) in [5.74, 6) is 1.29. The quantitative estimate of drug-likeness (QED) is 0.220. The van der Waals surface area contributed by atoms with Crippen molar-refractivity contribution in [1.29, 1.82) is 0 Å². The summed E-state index contributed by atoms with van der Waals surface area (Å²) in [6.07, 6.45) is 1.46. The first-order valence-electron chi connectivity index (χ1n) is 10.7. The number of hydrogen-bond acceptors (Lipinski definition) is 7. The molecule has 3 N–H and O–H groups in total. The van der Waals surface area contributed by atoms with Gasteiger partial charge < -0.3 is 25.3 Å². The van der Waals surface area contributed by atoms with Crippen LogP contribution in [0.2, 0.25) is 5.02 Å². The molecule has 176 valence electrons. The van der Waals surface area contributed by atoms with Crippen molar-refractivity contribution in [3.8, 4) is 11.5 Å². The zero-order chi connectivity index (χ0) is 23.9. The Bertz CT molecular complexity index is 1290. The van der Waals surface area contributed by atoms with E-state index < -0.39 is 0 Å². The monoisotopic (exact) mass is 482 g/mol. The molecule has 4 aromatic rings. The molecule has 7 nitrogen and oxygen atoms in total. The van der Waals surface area contributed by atoms with Crippen LogP contribution in [0.5, 0.6) is 11.5 Å². The summed E-state index contributed by atoms with van der Waals surface area (Å²) in [5.41, 5.74) is 8.76. The third kappa shape index (κ3) is 5.84. The number of rotatable bonds is 10. The number of aromatic nitrogens is 2. The van der Waals surface area contributed by atoms with Crippen molar-refractivity contribution < 1.29 is 18.6 Å². The lowest BCUT2D eigenvalue weighted by Gasteiger charge is -2.13. The summed E-state index contributed by atoms with van der Waals surface area (Å²) in [6, 6.07) is 15.1. The molecule has 0 atom stereocenters. The van der Waals surface area contributed by atoms with Gasteiger partial charge in [-0.05, 0) is 48.9 Å². The third-order valence-electron chi connectivity index (χ3n) is 4.93. The maximum Gasteiger partial charge on any atom is 0.144 e. The SMILES string of the molecule is CCOCCOc1cc2ncnc(Nc3ccc(OCc4cccc(F)c4)c(Cl)c3)c2cc1N. The van der Waals surface area contributed by atoms with E-state index in [-0.39, 0.29) is 12.4 Å². The number of hydrogen-bond donors (Lipinski definition) is 2. The molecule has 0 radical (unpaired) electrons. The number of benzene rings is 3. The van der Waals surface area contributed by atoms with E-state index in [2.05, 4.69) is 15.3 Å². The van der Waals surface area contributed by atoms with Crippen LogP contribution in [0.1, 0.15) is 12.5 Å². The molecule has 0 aliphatic rings. The van der Waals surface area contributed by atoms with Gasteiger partial charge in [-0.1, -0.05) is 23.7 Å². The highest BCUT2D eigenvalue weighted by molar-refractivity contribution is 6.32. The van der Waals surface area contributed by atoms with Crippen LogP contribution in [-0.4, -0.2) is 29.8 Å². The highest BCUT2D eigenvalue weighted by Gasteiger charge is 2.11. The van der Waals surface area contributed by atoms with Crippen LogP contribution in [0.3, 0.4) is 0 Å². The molecule has 0 aliphatic heterocycles. The van der Waals surface area contributed by atoms with Gasteiger partial charge in [0.05, 0.1) is 22.8 Å². The van der Waals surface area contributed by atoms with Gasteiger partial charge in [0.25, 0.3) is 0 Å². The first-order valence-corrected chi connectivity index (χ1v) is 11.1. The van der Waals surface area contributed by atoms with Crippen molar-refractivity contribution in [3.63, 3.8) is 0 Å². The Labute approximate surface area is 201 Å². The maximum atomic E-state index is 13.4. The van der Waals surface area contributed by atoms with E-state index in [1.54, 1.807) is 36.4 Å². The minimum Gasteiger partial charge on any atom is -0.489 e. The standard InChI is InChI=1S/C25H24ClFN4O3/c1-2-32-8-9-33-24-13-22-19(12-21(24)28)25(30-15-29-22)31-18-6-7-23(20(26)11-18)34-14-16-4-3-5-17(27)10-16/h3-7,10-13,15H,2,8-9,14,28H2,1H3,(H,29,30,31). The van der Waals surface area contributed by atoms with E-state index >= 15 is 0 Å². The summed E-state index contributed by atoms with van der Waals surface area (Å²) in [7, 11) is 0. The van der Waals surface area contributed by atoms with Crippen LogP contribution >= 0.6 is 11.6 Å². The zero-order valence-corrected chi connectivity index (χ0v) is 19.3. The van der Waals surface area contributed by atoms with E-state index in [1.807, 2.05) is 13.0 Å². The molecule has 1 heterocycles. The van der Waals surface area contributed by atoms with Crippen LogP contribution in [0.25, 0.3) is 10.9 Å². The molecule has 0 saturated carbocycles. The van der Waals surface area contributed by atoms with Crippen LogP contribution in [-0.2, 0) is 11.3 Å². The number of nitrogens with zero attached hydrogens (tertiary/aromatic N) is 2. The van der Waals surface area contributed by atoms with Gasteiger partial charge in [0.2, 0.25) is 0 Å². The summed E-state index contributed by atoms with van der Waals surface area (Å²) in [5, 5.41) is 4.39. The number of fused-ring (bicyclic) bond motifs is 1. The molecule has 3 aromatic carbocycles. The van der Waals surface area contributed by atoms with E-state index in [0.29, 0.717) is 64.6 Å². The Morgan fingerprint density at radius 3 is 2.68 bits per heavy atom. The van der Waals surface area contributed by atoms with Crippen molar-refractivity contribution in [2.75, 3.05) is 30.9 Å².